The number of rotatable bonds is 3. The Labute approximate surface area is 107 Å². The molecule has 0 bridgehead atoms. The SMILES string of the molecule is C.C.C.CCC(C)c1ccc(S(=O)(=O)O)cc1. The highest BCUT2D eigenvalue weighted by molar-refractivity contribution is 7.85. The van der Waals surface area contributed by atoms with E-state index in [1.165, 1.54) is 12.1 Å². The minimum Gasteiger partial charge on any atom is -0.282 e. The second kappa shape index (κ2) is 8.25. The first-order valence-electron chi connectivity index (χ1n) is 4.52. The lowest BCUT2D eigenvalue weighted by Crippen LogP contribution is -1.98. The van der Waals surface area contributed by atoms with Crippen LogP contribution < -0.4 is 0 Å². The van der Waals surface area contributed by atoms with Gasteiger partial charge in [-0.15, -0.1) is 0 Å². The Hall–Kier alpha value is -0.870. The van der Waals surface area contributed by atoms with Gasteiger partial charge in [-0.3, -0.25) is 4.55 Å². The summed E-state index contributed by atoms with van der Waals surface area (Å²) in [4.78, 5) is -0.0513. The van der Waals surface area contributed by atoms with E-state index in [1.54, 1.807) is 12.1 Å². The fourth-order valence-electron chi connectivity index (χ4n) is 1.20. The van der Waals surface area contributed by atoms with E-state index >= 15 is 0 Å². The third kappa shape index (κ3) is 5.84. The summed E-state index contributed by atoms with van der Waals surface area (Å²) >= 11 is 0. The molecule has 0 aliphatic rings. The molecule has 1 unspecified atom stereocenters. The lowest BCUT2D eigenvalue weighted by atomic mass is 9.99. The van der Waals surface area contributed by atoms with Gasteiger partial charge in [-0.05, 0) is 30.0 Å². The van der Waals surface area contributed by atoms with Crippen molar-refractivity contribution in [2.45, 2.75) is 53.4 Å². The quantitative estimate of drug-likeness (QED) is 0.824. The topological polar surface area (TPSA) is 54.4 Å². The van der Waals surface area contributed by atoms with E-state index in [4.69, 9.17) is 4.55 Å². The van der Waals surface area contributed by atoms with Crippen LogP contribution in [0.4, 0.5) is 0 Å². The van der Waals surface area contributed by atoms with Crippen LogP contribution in [0.3, 0.4) is 0 Å². The minimum absolute atomic E-state index is 0. The lowest BCUT2D eigenvalue weighted by molar-refractivity contribution is 0.483. The highest BCUT2D eigenvalue weighted by Gasteiger charge is 2.09. The summed E-state index contributed by atoms with van der Waals surface area (Å²) in [6, 6.07) is 6.32. The number of hydrogen-bond acceptors (Lipinski definition) is 2. The van der Waals surface area contributed by atoms with Crippen molar-refractivity contribution in [3.63, 3.8) is 0 Å². The Kier molecular flexibility index (Phi) is 10.4. The predicted octanol–water partition coefficient (Wildman–Crippen LogP) is 4.36. The molecule has 0 amide bonds. The standard InChI is InChI=1S/C10H14O3S.3CH4/c1-3-8(2)9-4-6-10(7-5-9)14(11,12)13;;;/h4-8H,3H2,1-2H3,(H,11,12,13);3*1H4. The van der Waals surface area contributed by atoms with Crippen LogP contribution in [0.1, 0.15) is 54.0 Å². The highest BCUT2D eigenvalue weighted by Crippen LogP contribution is 2.20. The maximum absolute atomic E-state index is 10.7. The molecule has 0 heterocycles. The monoisotopic (exact) mass is 262 g/mol. The van der Waals surface area contributed by atoms with E-state index in [2.05, 4.69) is 13.8 Å². The van der Waals surface area contributed by atoms with Gasteiger partial charge in [-0.2, -0.15) is 8.42 Å². The zero-order valence-corrected chi connectivity index (χ0v) is 9.08. The van der Waals surface area contributed by atoms with Crippen LogP contribution in [-0.4, -0.2) is 13.0 Å². The molecule has 0 aromatic heterocycles. The minimum atomic E-state index is -4.05. The van der Waals surface area contributed by atoms with Crippen LogP contribution in [0.25, 0.3) is 0 Å². The van der Waals surface area contributed by atoms with Gasteiger partial charge < -0.3 is 0 Å². The molecule has 0 aliphatic carbocycles. The van der Waals surface area contributed by atoms with Gasteiger partial charge in [0.2, 0.25) is 0 Å². The average Bonchev–Trinajstić information content (AvgIpc) is 2.15. The Morgan fingerprint density at radius 2 is 1.53 bits per heavy atom. The largest absolute Gasteiger partial charge is 0.294 e. The van der Waals surface area contributed by atoms with Crippen molar-refractivity contribution < 1.29 is 13.0 Å². The fraction of sp³-hybridized carbons (Fsp3) is 0.538. The van der Waals surface area contributed by atoms with Crippen LogP contribution in [0.5, 0.6) is 0 Å². The molecule has 0 saturated heterocycles. The molecule has 0 spiro atoms. The summed E-state index contributed by atoms with van der Waals surface area (Å²) in [6.45, 7) is 4.14. The van der Waals surface area contributed by atoms with E-state index in [9.17, 15) is 8.42 Å². The molecule has 0 fully saturated rings. The van der Waals surface area contributed by atoms with Gasteiger partial charge in [-0.1, -0.05) is 48.3 Å². The molecule has 1 aromatic carbocycles. The van der Waals surface area contributed by atoms with E-state index in [1.807, 2.05) is 0 Å². The van der Waals surface area contributed by atoms with Gasteiger partial charge >= 0.3 is 0 Å². The fourth-order valence-corrected chi connectivity index (χ4v) is 1.68. The Balaban J connectivity index is -0.000000653. The van der Waals surface area contributed by atoms with Crippen LogP contribution in [-0.2, 0) is 10.1 Å². The molecule has 3 nitrogen and oxygen atoms in total. The van der Waals surface area contributed by atoms with Crippen molar-refractivity contribution in [2.24, 2.45) is 0 Å². The van der Waals surface area contributed by atoms with E-state index < -0.39 is 10.1 Å². The van der Waals surface area contributed by atoms with E-state index in [0.717, 1.165) is 12.0 Å². The summed E-state index contributed by atoms with van der Waals surface area (Å²) in [6.07, 6.45) is 1.01. The molecule has 1 atom stereocenters. The Bertz CT molecular complexity index is 393. The maximum atomic E-state index is 10.7. The second-order valence-electron chi connectivity index (χ2n) is 3.35. The summed E-state index contributed by atoms with van der Waals surface area (Å²) < 4.78 is 30.2. The van der Waals surface area contributed by atoms with Crippen LogP contribution in [0.15, 0.2) is 29.2 Å². The van der Waals surface area contributed by atoms with Crippen molar-refractivity contribution in [3.05, 3.63) is 29.8 Å². The van der Waals surface area contributed by atoms with Gasteiger partial charge in [0.25, 0.3) is 10.1 Å². The van der Waals surface area contributed by atoms with Gasteiger partial charge in [-0.25, -0.2) is 0 Å². The Morgan fingerprint density at radius 3 is 1.82 bits per heavy atom. The van der Waals surface area contributed by atoms with Crippen LogP contribution in [0.2, 0.25) is 0 Å². The summed E-state index contributed by atoms with van der Waals surface area (Å²) in [5.74, 6) is 0.408. The van der Waals surface area contributed by atoms with E-state index in [-0.39, 0.29) is 27.2 Å². The summed E-state index contributed by atoms with van der Waals surface area (Å²) in [5.41, 5.74) is 1.08. The normalized spacial score (nSPS) is 11.5. The number of hydrogen-bond donors (Lipinski definition) is 1. The molecule has 1 N–H and O–H groups in total. The second-order valence-corrected chi connectivity index (χ2v) is 4.77. The van der Waals surface area contributed by atoms with Gasteiger partial charge in [0.15, 0.2) is 0 Å². The molecule has 0 radical (unpaired) electrons. The Morgan fingerprint density at radius 1 is 1.12 bits per heavy atom. The first-order chi connectivity index (χ1) is 6.45. The van der Waals surface area contributed by atoms with Crippen molar-refractivity contribution in [2.75, 3.05) is 0 Å². The van der Waals surface area contributed by atoms with Crippen molar-refractivity contribution in [1.29, 1.82) is 0 Å². The zero-order valence-electron chi connectivity index (χ0n) is 8.27. The lowest BCUT2D eigenvalue weighted by Gasteiger charge is -2.08. The average molecular weight is 262 g/mol. The summed E-state index contributed by atoms with van der Waals surface area (Å²) in [5, 5.41) is 0. The maximum Gasteiger partial charge on any atom is 0.294 e. The van der Waals surface area contributed by atoms with Gasteiger partial charge in [0.1, 0.15) is 0 Å². The zero-order chi connectivity index (χ0) is 10.8. The molecular weight excluding hydrogens is 236 g/mol. The summed E-state index contributed by atoms with van der Waals surface area (Å²) in [7, 11) is -4.05. The number of benzene rings is 1. The molecule has 4 heteroatoms. The molecule has 102 valence electrons. The molecule has 0 saturated carbocycles. The van der Waals surface area contributed by atoms with Crippen molar-refractivity contribution >= 4 is 10.1 Å². The van der Waals surface area contributed by atoms with Crippen LogP contribution in [0, 0.1) is 0 Å². The van der Waals surface area contributed by atoms with Crippen molar-refractivity contribution in [3.8, 4) is 0 Å². The van der Waals surface area contributed by atoms with Crippen molar-refractivity contribution in [1.82, 2.24) is 0 Å². The first-order valence-corrected chi connectivity index (χ1v) is 5.96. The molecule has 17 heavy (non-hydrogen) atoms. The molecule has 0 aliphatic heterocycles. The molecular formula is C13H26O3S. The predicted molar refractivity (Wildman–Crippen MR) is 75.2 cm³/mol. The third-order valence-corrected chi connectivity index (χ3v) is 3.23. The highest BCUT2D eigenvalue weighted by atomic mass is 32.2. The molecule has 1 aromatic rings. The van der Waals surface area contributed by atoms with E-state index in [0.29, 0.717) is 5.92 Å². The first kappa shape index (κ1) is 21.4. The third-order valence-electron chi connectivity index (χ3n) is 2.36. The van der Waals surface area contributed by atoms with Gasteiger partial charge in [0.05, 0.1) is 4.90 Å². The van der Waals surface area contributed by atoms with Gasteiger partial charge in [0, 0.05) is 0 Å². The molecule has 1 rings (SSSR count). The van der Waals surface area contributed by atoms with Crippen LogP contribution >= 0.6 is 0 Å². The smallest absolute Gasteiger partial charge is 0.282 e.